The number of ether oxygens (including phenoxy) is 1. The first kappa shape index (κ1) is 13.9. The van der Waals surface area contributed by atoms with Crippen molar-refractivity contribution in [1.29, 1.82) is 0 Å². The lowest BCUT2D eigenvalue weighted by atomic mass is 10.1. The lowest BCUT2D eigenvalue weighted by molar-refractivity contribution is 0.386. The van der Waals surface area contributed by atoms with Gasteiger partial charge in [-0.2, -0.15) is 0 Å². The number of halogens is 1. The van der Waals surface area contributed by atoms with Crippen LogP contribution in [0, 0.1) is 5.82 Å². The fourth-order valence-corrected chi connectivity index (χ4v) is 0.924. The molecule has 0 heterocycles. The van der Waals surface area contributed by atoms with Crippen molar-refractivity contribution in [3.8, 4) is 5.75 Å². The molecule has 0 aliphatic heterocycles. The Morgan fingerprint density at radius 1 is 1.13 bits per heavy atom. The van der Waals surface area contributed by atoms with Gasteiger partial charge in [-0.1, -0.05) is 39.7 Å². The van der Waals surface area contributed by atoms with E-state index in [1.807, 2.05) is 6.92 Å². The van der Waals surface area contributed by atoms with Crippen LogP contribution in [-0.4, -0.2) is 7.11 Å². The van der Waals surface area contributed by atoms with Crippen molar-refractivity contribution in [2.24, 2.45) is 0 Å². The summed E-state index contributed by atoms with van der Waals surface area (Å²) in [7, 11) is 1.47. The molecular formula is C13H21FO. The van der Waals surface area contributed by atoms with Crippen molar-refractivity contribution < 1.29 is 9.13 Å². The number of aryl methyl sites for hydroxylation is 1. The fourth-order valence-electron chi connectivity index (χ4n) is 0.924. The Labute approximate surface area is 92.3 Å². The molecule has 0 radical (unpaired) electrons. The van der Waals surface area contributed by atoms with E-state index in [2.05, 4.69) is 13.8 Å². The van der Waals surface area contributed by atoms with Gasteiger partial charge in [0.05, 0.1) is 7.11 Å². The lowest BCUT2D eigenvalue weighted by Gasteiger charge is -2.02. The molecule has 0 fully saturated rings. The molecular weight excluding hydrogens is 191 g/mol. The Morgan fingerprint density at radius 3 is 2.13 bits per heavy atom. The molecule has 0 N–H and O–H groups in total. The van der Waals surface area contributed by atoms with E-state index in [9.17, 15) is 4.39 Å². The van der Waals surface area contributed by atoms with Crippen LogP contribution < -0.4 is 4.74 Å². The first-order valence-electron chi connectivity index (χ1n) is 5.51. The monoisotopic (exact) mass is 212 g/mol. The molecule has 0 atom stereocenters. The largest absolute Gasteiger partial charge is 0.494 e. The van der Waals surface area contributed by atoms with Crippen LogP contribution in [0.15, 0.2) is 18.2 Å². The third-order valence-electron chi connectivity index (χ3n) is 2.12. The highest BCUT2D eigenvalue weighted by molar-refractivity contribution is 5.30. The second kappa shape index (κ2) is 8.27. The van der Waals surface area contributed by atoms with Crippen molar-refractivity contribution >= 4 is 0 Å². The molecule has 0 saturated heterocycles. The highest BCUT2D eigenvalue weighted by atomic mass is 19.1. The maximum Gasteiger partial charge on any atom is 0.165 e. The van der Waals surface area contributed by atoms with Gasteiger partial charge in [-0.15, -0.1) is 0 Å². The summed E-state index contributed by atoms with van der Waals surface area (Å²) in [6.45, 7) is 6.38. The topological polar surface area (TPSA) is 9.23 Å². The van der Waals surface area contributed by atoms with Crippen LogP contribution in [0.2, 0.25) is 0 Å². The second-order valence-electron chi connectivity index (χ2n) is 3.32. The highest BCUT2D eigenvalue weighted by Crippen LogP contribution is 2.17. The smallest absolute Gasteiger partial charge is 0.165 e. The zero-order valence-electron chi connectivity index (χ0n) is 10.1. The molecule has 0 saturated carbocycles. The van der Waals surface area contributed by atoms with Crippen molar-refractivity contribution in [2.45, 2.75) is 40.0 Å². The van der Waals surface area contributed by atoms with Gasteiger partial charge < -0.3 is 4.74 Å². The van der Waals surface area contributed by atoms with E-state index >= 15 is 0 Å². The minimum atomic E-state index is -0.301. The molecule has 1 aromatic rings. The number of benzene rings is 1. The van der Waals surface area contributed by atoms with Gasteiger partial charge in [0.25, 0.3) is 0 Å². The van der Waals surface area contributed by atoms with Gasteiger partial charge in [0.1, 0.15) is 0 Å². The number of hydrogen-bond donors (Lipinski definition) is 0. The number of hydrogen-bond acceptors (Lipinski definition) is 1. The van der Waals surface area contributed by atoms with Gasteiger partial charge in [-0.05, 0) is 24.1 Å². The summed E-state index contributed by atoms with van der Waals surface area (Å²) in [5.41, 5.74) is 1.09. The number of unbranched alkanes of at least 4 members (excludes halogenated alkanes) is 1. The molecule has 1 rings (SSSR count). The molecule has 1 aromatic carbocycles. The van der Waals surface area contributed by atoms with Gasteiger partial charge in [0, 0.05) is 0 Å². The van der Waals surface area contributed by atoms with E-state index in [1.54, 1.807) is 12.1 Å². The molecule has 0 spiro atoms. The summed E-state index contributed by atoms with van der Waals surface area (Å²) in [6.07, 6.45) is 3.54. The Kier molecular flexibility index (Phi) is 7.69. The predicted octanol–water partition coefficient (Wildman–Crippen LogP) is 4.20. The first-order valence-corrected chi connectivity index (χ1v) is 5.51. The van der Waals surface area contributed by atoms with E-state index in [4.69, 9.17) is 4.74 Å². The summed E-state index contributed by atoms with van der Waals surface area (Å²) in [6, 6.07) is 4.91. The normalized spacial score (nSPS) is 9.13. The van der Waals surface area contributed by atoms with Gasteiger partial charge >= 0.3 is 0 Å². The van der Waals surface area contributed by atoms with Crippen LogP contribution >= 0.6 is 0 Å². The van der Waals surface area contributed by atoms with Crippen molar-refractivity contribution in [2.75, 3.05) is 7.11 Å². The van der Waals surface area contributed by atoms with Gasteiger partial charge in [-0.25, -0.2) is 4.39 Å². The van der Waals surface area contributed by atoms with Crippen LogP contribution in [0.3, 0.4) is 0 Å². The molecule has 0 bridgehead atoms. The summed E-state index contributed by atoms with van der Waals surface area (Å²) in [5.74, 6) is 0.0223. The standard InChI is InChI=1S/C9H11FO.C4H10/c1-3-7-4-5-8(10)9(6-7)11-2;1-3-4-2/h4-6H,3H2,1-2H3;3-4H2,1-2H3. The molecule has 0 amide bonds. The van der Waals surface area contributed by atoms with E-state index in [1.165, 1.54) is 26.0 Å². The van der Waals surface area contributed by atoms with Gasteiger partial charge in [0.15, 0.2) is 11.6 Å². The third-order valence-corrected chi connectivity index (χ3v) is 2.12. The number of methoxy groups -OCH3 is 1. The van der Waals surface area contributed by atoms with Crippen LogP contribution in [-0.2, 0) is 6.42 Å². The molecule has 2 heteroatoms. The predicted molar refractivity (Wildman–Crippen MR) is 62.9 cm³/mol. The maximum absolute atomic E-state index is 12.8. The molecule has 1 nitrogen and oxygen atoms in total. The summed E-state index contributed by atoms with van der Waals surface area (Å²) >= 11 is 0. The molecule has 0 aliphatic rings. The Bertz CT molecular complexity index is 269. The number of rotatable bonds is 3. The molecule has 15 heavy (non-hydrogen) atoms. The van der Waals surface area contributed by atoms with E-state index in [0.717, 1.165) is 12.0 Å². The van der Waals surface area contributed by atoms with Crippen LogP contribution in [0.1, 0.15) is 39.2 Å². The van der Waals surface area contributed by atoms with Crippen molar-refractivity contribution in [3.63, 3.8) is 0 Å². The Hall–Kier alpha value is -1.05. The van der Waals surface area contributed by atoms with Gasteiger partial charge in [-0.3, -0.25) is 0 Å². The maximum atomic E-state index is 12.8. The second-order valence-corrected chi connectivity index (χ2v) is 3.32. The molecule has 0 aliphatic carbocycles. The fraction of sp³-hybridized carbons (Fsp3) is 0.538. The summed E-state index contributed by atoms with van der Waals surface area (Å²) in [4.78, 5) is 0. The van der Waals surface area contributed by atoms with Crippen LogP contribution in [0.5, 0.6) is 5.75 Å². The zero-order valence-corrected chi connectivity index (χ0v) is 10.1. The molecule has 0 unspecified atom stereocenters. The van der Waals surface area contributed by atoms with Gasteiger partial charge in [0.2, 0.25) is 0 Å². The minimum absolute atomic E-state index is 0.301. The molecule has 86 valence electrons. The van der Waals surface area contributed by atoms with E-state index in [0.29, 0.717) is 5.75 Å². The Morgan fingerprint density at radius 2 is 1.73 bits per heavy atom. The SMILES string of the molecule is CCCC.CCc1ccc(F)c(OC)c1. The average molecular weight is 212 g/mol. The summed E-state index contributed by atoms with van der Waals surface area (Å²) < 4.78 is 17.6. The van der Waals surface area contributed by atoms with Crippen molar-refractivity contribution in [3.05, 3.63) is 29.6 Å². The summed E-state index contributed by atoms with van der Waals surface area (Å²) in [5, 5.41) is 0. The Balaban J connectivity index is 0.000000423. The third kappa shape index (κ3) is 5.40. The van der Waals surface area contributed by atoms with Crippen LogP contribution in [0.4, 0.5) is 4.39 Å². The lowest BCUT2D eigenvalue weighted by Crippen LogP contribution is -1.89. The van der Waals surface area contributed by atoms with E-state index in [-0.39, 0.29) is 5.82 Å². The highest BCUT2D eigenvalue weighted by Gasteiger charge is 2.00. The van der Waals surface area contributed by atoms with Crippen molar-refractivity contribution in [1.82, 2.24) is 0 Å². The van der Waals surface area contributed by atoms with E-state index < -0.39 is 0 Å². The quantitative estimate of drug-likeness (QED) is 0.729. The van der Waals surface area contributed by atoms with Crippen LogP contribution in [0.25, 0.3) is 0 Å². The zero-order chi connectivity index (χ0) is 11.7. The minimum Gasteiger partial charge on any atom is -0.494 e. The average Bonchev–Trinajstić information content (AvgIpc) is 2.30. The molecule has 0 aromatic heterocycles. The first-order chi connectivity index (χ1) is 7.19.